The molecule has 5 heteroatoms. The molecule has 1 atom stereocenters. The quantitative estimate of drug-likeness (QED) is 0.597. The fourth-order valence-corrected chi connectivity index (χ4v) is 3.40. The van der Waals surface area contributed by atoms with Crippen LogP contribution in [0.4, 0.5) is 0 Å². The highest BCUT2D eigenvalue weighted by molar-refractivity contribution is 7.89. The summed E-state index contributed by atoms with van der Waals surface area (Å²) in [7, 11) is -3.64. The van der Waals surface area contributed by atoms with Gasteiger partial charge in [0, 0.05) is 6.54 Å². The van der Waals surface area contributed by atoms with Crippen LogP contribution in [-0.2, 0) is 14.8 Å². The Bertz CT molecular complexity index is 611. The molecule has 1 aromatic rings. The van der Waals surface area contributed by atoms with Crippen molar-refractivity contribution >= 4 is 16.3 Å². The topological polar surface area (TPSA) is 54.5 Å². The fraction of sp³-hybridized carbons (Fsp3) is 0.400. The van der Waals surface area contributed by atoms with Crippen LogP contribution >= 0.6 is 0 Å². The van der Waals surface area contributed by atoms with Crippen molar-refractivity contribution in [2.24, 2.45) is 0 Å². The Kier molecular flexibility index (Phi) is 4.40. The van der Waals surface area contributed by atoms with E-state index in [0.29, 0.717) is 6.29 Å². The van der Waals surface area contributed by atoms with Crippen molar-refractivity contribution < 1.29 is 13.2 Å². The Morgan fingerprint density at radius 3 is 2.35 bits per heavy atom. The zero-order valence-corrected chi connectivity index (χ0v) is 12.6. The Morgan fingerprint density at radius 2 is 1.85 bits per heavy atom. The van der Waals surface area contributed by atoms with Crippen LogP contribution < -0.4 is 0 Å². The summed E-state index contributed by atoms with van der Waals surface area (Å²) >= 11 is 0. The Morgan fingerprint density at radius 1 is 1.25 bits per heavy atom. The number of benzene rings is 1. The molecule has 108 valence electrons. The van der Waals surface area contributed by atoms with Gasteiger partial charge < -0.3 is 4.79 Å². The van der Waals surface area contributed by atoms with Crippen molar-refractivity contribution in [3.05, 3.63) is 41.5 Å². The van der Waals surface area contributed by atoms with Crippen LogP contribution in [0.15, 0.2) is 40.8 Å². The van der Waals surface area contributed by atoms with Gasteiger partial charge in [0.25, 0.3) is 0 Å². The summed E-state index contributed by atoms with van der Waals surface area (Å²) in [5, 5.41) is 0. The van der Waals surface area contributed by atoms with E-state index in [9.17, 15) is 13.2 Å². The zero-order chi connectivity index (χ0) is 14.8. The van der Waals surface area contributed by atoms with E-state index >= 15 is 0 Å². The maximum Gasteiger partial charge on any atom is 0.243 e. The third-order valence-electron chi connectivity index (χ3n) is 3.38. The van der Waals surface area contributed by atoms with E-state index < -0.39 is 16.1 Å². The van der Waals surface area contributed by atoms with Crippen LogP contribution in [0.3, 0.4) is 0 Å². The van der Waals surface area contributed by atoms with Crippen LogP contribution in [0.25, 0.3) is 0 Å². The molecule has 0 N–H and O–H groups in total. The maximum absolute atomic E-state index is 12.6. The minimum absolute atomic E-state index is 0.228. The average Bonchev–Trinajstić information content (AvgIpc) is 3.23. The van der Waals surface area contributed by atoms with E-state index in [1.54, 1.807) is 31.2 Å². The van der Waals surface area contributed by atoms with Crippen molar-refractivity contribution in [3.8, 4) is 0 Å². The molecule has 1 fully saturated rings. The van der Waals surface area contributed by atoms with Crippen LogP contribution in [-0.4, -0.2) is 31.6 Å². The van der Waals surface area contributed by atoms with Gasteiger partial charge in [-0.2, -0.15) is 4.31 Å². The monoisotopic (exact) mass is 293 g/mol. The van der Waals surface area contributed by atoms with Gasteiger partial charge in [-0.15, -0.1) is 0 Å². The first kappa shape index (κ1) is 14.9. The second-order valence-electron chi connectivity index (χ2n) is 5.13. The van der Waals surface area contributed by atoms with Crippen molar-refractivity contribution in [2.75, 3.05) is 6.54 Å². The van der Waals surface area contributed by atoms with Crippen molar-refractivity contribution in [3.63, 3.8) is 0 Å². The molecular formula is C15H19NO3S. The smallest absolute Gasteiger partial charge is 0.243 e. The zero-order valence-electron chi connectivity index (χ0n) is 11.7. The number of sulfonamides is 1. The first-order chi connectivity index (χ1) is 9.45. The summed E-state index contributed by atoms with van der Waals surface area (Å²) in [4.78, 5) is 11.2. The lowest BCUT2D eigenvalue weighted by molar-refractivity contribution is -0.110. The Labute approximate surface area is 120 Å². The molecule has 0 spiro atoms. The predicted molar refractivity (Wildman–Crippen MR) is 77.9 cm³/mol. The number of allylic oxidation sites excluding steroid dienone is 1. The van der Waals surface area contributed by atoms with Gasteiger partial charge in [-0.3, -0.25) is 0 Å². The predicted octanol–water partition coefficient (Wildman–Crippen LogP) is 2.29. The number of aryl methyl sites for hydroxylation is 1. The highest BCUT2D eigenvalue weighted by Gasteiger charge is 2.28. The third-order valence-corrected chi connectivity index (χ3v) is 5.34. The van der Waals surface area contributed by atoms with Gasteiger partial charge >= 0.3 is 0 Å². The van der Waals surface area contributed by atoms with Crippen LogP contribution in [0.2, 0.25) is 0 Å². The normalized spacial score (nSPS) is 16.1. The molecule has 1 aliphatic carbocycles. The molecule has 0 bridgehead atoms. The van der Waals surface area contributed by atoms with Gasteiger partial charge in [-0.05, 0) is 38.8 Å². The first-order valence-electron chi connectivity index (χ1n) is 6.67. The molecule has 4 nitrogen and oxygen atoms in total. The number of hydrogen-bond acceptors (Lipinski definition) is 3. The van der Waals surface area contributed by atoms with E-state index in [2.05, 4.69) is 0 Å². The molecule has 1 aliphatic rings. The van der Waals surface area contributed by atoms with E-state index in [1.807, 2.05) is 13.0 Å². The molecule has 1 unspecified atom stereocenters. The molecule has 0 heterocycles. The van der Waals surface area contributed by atoms with E-state index in [0.717, 1.165) is 18.4 Å². The molecule has 0 aromatic heterocycles. The van der Waals surface area contributed by atoms with E-state index in [1.165, 1.54) is 9.88 Å². The molecule has 0 radical (unpaired) electrons. The summed E-state index contributed by atoms with van der Waals surface area (Å²) in [6.45, 7) is 3.76. The molecule has 1 aromatic carbocycles. The van der Waals surface area contributed by atoms with Crippen molar-refractivity contribution in [1.82, 2.24) is 4.31 Å². The number of nitrogens with zero attached hydrogens (tertiary/aromatic N) is 1. The van der Waals surface area contributed by atoms with Gasteiger partial charge in [0.1, 0.15) is 6.29 Å². The summed E-state index contributed by atoms with van der Waals surface area (Å²) in [6.07, 6.45) is 4.64. The summed E-state index contributed by atoms with van der Waals surface area (Å²) in [5.41, 5.74) is 2.26. The maximum atomic E-state index is 12.6. The van der Waals surface area contributed by atoms with Gasteiger partial charge in [0.15, 0.2) is 0 Å². The van der Waals surface area contributed by atoms with Crippen LogP contribution in [0, 0.1) is 6.92 Å². The van der Waals surface area contributed by atoms with Gasteiger partial charge in [0.2, 0.25) is 10.0 Å². The third kappa shape index (κ3) is 3.35. The first-order valence-corrected chi connectivity index (χ1v) is 8.11. The van der Waals surface area contributed by atoms with Gasteiger partial charge in [-0.1, -0.05) is 29.3 Å². The summed E-state index contributed by atoms with van der Waals surface area (Å²) in [5.74, 6) is 0. The minimum atomic E-state index is -3.64. The Balaban J connectivity index is 2.31. The molecule has 20 heavy (non-hydrogen) atoms. The lowest BCUT2D eigenvalue weighted by Crippen LogP contribution is -2.39. The number of hydrogen-bond donors (Lipinski definition) is 0. The lowest BCUT2D eigenvalue weighted by atomic mass is 10.2. The SMILES string of the molecule is Cc1ccc(S(=O)(=O)N(CC=C2CC2)C(C)C=O)cc1. The van der Waals surface area contributed by atoms with Crippen LogP contribution in [0.5, 0.6) is 0 Å². The number of rotatable bonds is 6. The van der Waals surface area contributed by atoms with Crippen molar-refractivity contribution in [2.45, 2.75) is 37.6 Å². The molecule has 0 saturated heterocycles. The number of carbonyl (C=O) groups excluding carboxylic acids is 1. The molecule has 2 rings (SSSR count). The highest BCUT2D eigenvalue weighted by atomic mass is 32.2. The summed E-state index contributed by atoms with van der Waals surface area (Å²) in [6, 6.07) is 6.02. The average molecular weight is 293 g/mol. The standard InChI is InChI=1S/C15H19NO3S/c1-12-3-7-15(8-4-12)20(18,19)16(13(2)11-17)10-9-14-5-6-14/h3-4,7-9,11,13H,5-6,10H2,1-2H3. The summed E-state index contributed by atoms with van der Waals surface area (Å²) < 4.78 is 26.5. The molecule has 1 saturated carbocycles. The molecule has 0 aliphatic heterocycles. The second kappa shape index (κ2) is 5.89. The van der Waals surface area contributed by atoms with Crippen molar-refractivity contribution in [1.29, 1.82) is 0 Å². The molecular weight excluding hydrogens is 274 g/mol. The second-order valence-corrected chi connectivity index (χ2v) is 7.02. The Hall–Kier alpha value is -1.46. The lowest BCUT2D eigenvalue weighted by Gasteiger charge is -2.23. The van der Waals surface area contributed by atoms with Gasteiger partial charge in [0.05, 0.1) is 10.9 Å². The molecule has 0 amide bonds. The van der Waals surface area contributed by atoms with Gasteiger partial charge in [-0.25, -0.2) is 8.42 Å². The number of aldehydes is 1. The number of carbonyl (C=O) groups is 1. The van der Waals surface area contributed by atoms with E-state index in [4.69, 9.17) is 0 Å². The minimum Gasteiger partial charge on any atom is -0.302 e. The van der Waals surface area contributed by atoms with Crippen LogP contribution in [0.1, 0.15) is 25.3 Å². The highest BCUT2D eigenvalue weighted by Crippen LogP contribution is 2.28. The van der Waals surface area contributed by atoms with E-state index in [-0.39, 0.29) is 11.4 Å². The fourth-order valence-electron chi connectivity index (χ4n) is 1.89. The largest absolute Gasteiger partial charge is 0.302 e.